The second-order valence-corrected chi connectivity index (χ2v) is 10.6. The molecule has 222 valence electrons. The first-order chi connectivity index (χ1) is 21.1. The maximum atomic E-state index is 14.4. The van der Waals surface area contributed by atoms with Crippen LogP contribution < -0.4 is 16.4 Å². The van der Waals surface area contributed by atoms with E-state index in [1.807, 2.05) is 18.2 Å². The molecule has 2 amide bonds. The minimum atomic E-state index is -1.19. The van der Waals surface area contributed by atoms with Crippen LogP contribution >= 0.6 is 0 Å². The van der Waals surface area contributed by atoms with Gasteiger partial charge in [-0.15, -0.1) is 0 Å². The van der Waals surface area contributed by atoms with Gasteiger partial charge in [-0.2, -0.15) is 5.10 Å². The molecule has 0 unspecified atom stereocenters. The summed E-state index contributed by atoms with van der Waals surface area (Å²) in [5, 5.41) is 19.2. The van der Waals surface area contributed by atoms with Gasteiger partial charge in [-0.25, -0.2) is 24.0 Å². The Labute approximate surface area is 250 Å². The van der Waals surface area contributed by atoms with Crippen molar-refractivity contribution in [3.8, 4) is 11.5 Å². The Morgan fingerprint density at radius 2 is 1.86 bits per heavy atom. The van der Waals surface area contributed by atoms with Crippen LogP contribution in [0.25, 0.3) is 22.6 Å². The smallest absolute Gasteiger partial charge is 0.322 e. The highest BCUT2D eigenvalue weighted by molar-refractivity contribution is 6.09. The van der Waals surface area contributed by atoms with E-state index >= 15 is 0 Å². The van der Waals surface area contributed by atoms with Gasteiger partial charge in [-0.05, 0) is 42.7 Å². The van der Waals surface area contributed by atoms with E-state index in [1.165, 1.54) is 6.07 Å². The summed E-state index contributed by atoms with van der Waals surface area (Å²) in [5.74, 6) is -1.61. The molecule has 6 rings (SSSR count). The van der Waals surface area contributed by atoms with Crippen molar-refractivity contribution in [1.82, 2.24) is 30.0 Å². The number of hydrogen-bond acceptors (Lipinski definition) is 8. The fourth-order valence-corrected chi connectivity index (χ4v) is 5.39. The van der Waals surface area contributed by atoms with Gasteiger partial charge < -0.3 is 21.5 Å². The number of aromatic nitrogens is 5. The van der Waals surface area contributed by atoms with Crippen LogP contribution in [0.3, 0.4) is 0 Å². The highest BCUT2D eigenvalue weighted by Gasteiger charge is 2.47. The molecule has 5 N–H and O–H groups in total. The Kier molecular flexibility index (Phi) is 7.21. The number of carbonyl (C=O) groups is 3. The van der Waals surface area contributed by atoms with E-state index < -0.39 is 17.9 Å². The monoisotopic (exact) mass is 594 g/mol. The van der Waals surface area contributed by atoms with Gasteiger partial charge in [-0.3, -0.25) is 14.4 Å². The molecule has 2 aromatic carbocycles. The van der Waals surface area contributed by atoms with Crippen LogP contribution in [0, 0.1) is 5.82 Å². The molecule has 0 spiro atoms. The molecule has 13 heteroatoms. The largest absolute Gasteiger partial charge is 0.480 e. The van der Waals surface area contributed by atoms with E-state index in [4.69, 9.17) is 10.8 Å². The molecule has 0 saturated carbocycles. The standard InChI is InChI=1S/C31H27FN8O4/c1-31(19-11-8-17(9-12-19)10-13-22(41)35-15-23(42)43)24-26(33)36-28(37-27(24)38-30(31)44)25-20-6-4-14-34-29(20)40(39-25)16-18-5-2-3-7-21(18)32/h2-9,11-12,14H,10,13,15-16H2,1H3,(H,35,41)(H,42,43)(H3,33,36,37,38,44)/t31-/m0/s1. The van der Waals surface area contributed by atoms with E-state index in [-0.39, 0.29) is 48.1 Å². The fourth-order valence-electron chi connectivity index (χ4n) is 5.39. The van der Waals surface area contributed by atoms with Gasteiger partial charge >= 0.3 is 5.97 Å². The summed E-state index contributed by atoms with van der Waals surface area (Å²) in [7, 11) is 0. The maximum Gasteiger partial charge on any atom is 0.322 e. The Morgan fingerprint density at radius 1 is 1.09 bits per heavy atom. The van der Waals surface area contributed by atoms with Crippen LogP contribution in [0.5, 0.6) is 0 Å². The van der Waals surface area contributed by atoms with Gasteiger partial charge in [0.1, 0.15) is 35.1 Å². The third-order valence-corrected chi connectivity index (χ3v) is 7.73. The first-order valence-corrected chi connectivity index (χ1v) is 13.8. The lowest BCUT2D eigenvalue weighted by Gasteiger charge is -2.23. The number of nitrogen functional groups attached to an aromatic ring is 1. The third kappa shape index (κ3) is 5.08. The summed E-state index contributed by atoms with van der Waals surface area (Å²) in [6.07, 6.45) is 2.14. The molecule has 0 saturated heterocycles. The normalized spacial score (nSPS) is 15.6. The van der Waals surface area contributed by atoms with Gasteiger partial charge in [0.05, 0.1) is 17.5 Å². The quantitative estimate of drug-likeness (QED) is 0.200. The van der Waals surface area contributed by atoms with Crippen LogP contribution in [0.1, 0.15) is 35.6 Å². The predicted octanol–water partition coefficient (Wildman–Crippen LogP) is 3.05. The van der Waals surface area contributed by atoms with Crippen molar-refractivity contribution in [2.24, 2.45) is 0 Å². The summed E-state index contributed by atoms with van der Waals surface area (Å²) in [6.45, 7) is 1.45. The van der Waals surface area contributed by atoms with Crippen molar-refractivity contribution in [3.63, 3.8) is 0 Å². The molecule has 5 aromatic rings. The second kappa shape index (κ2) is 11.2. The van der Waals surface area contributed by atoms with Crippen molar-refractivity contribution in [2.45, 2.75) is 31.7 Å². The number of nitrogens with one attached hydrogen (secondary N) is 2. The number of pyridine rings is 1. The van der Waals surface area contributed by atoms with Crippen molar-refractivity contribution in [2.75, 3.05) is 17.6 Å². The van der Waals surface area contributed by atoms with Crippen LogP contribution in [-0.4, -0.2) is 54.2 Å². The maximum absolute atomic E-state index is 14.4. The summed E-state index contributed by atoms with van der Waals surface area (Å²) < 4.78 is 16.0. The molecule has 4 heterocycles. The zero-order valence-electron chi connectivity index (χ0n) is 23.5. The molecule has 3 aromatic heterocycles. The minimum absolute atomic E-state index is 0.103. The topological polar surface area (TPSA) is 178 Å². The molecule has 0 radical (unpaired) electrons. The molecule has 1 atom stereocenters. The number of carboxylic acids is 1. The Hall–Kier alpha value is -5.72. The molecular formula is C31H27FN8O4. The van der Waals surface area contributed by atoms with Gasteiger partial charge in [0.2, 0.25) is 11.8 Å². The number of carbonyl (C=O) groups excluding carboxylic acids is 2. The van der Waals surface area contributed by atoms with Gasteiger partial charge in [-0.1, -0.05) is 42.5 Å². The SMILES string of the molecule is C[C@@]1(c2ccc(CCC(=O)NCC(=O)O)cc2)C(=O)Nc2nc(-c3nn(Cc4ccccc4F)c4ncccc34)nc(N)c21. The molecule has 1 aliphatic heterocycles. The zero-order chi connectivity index (χ0) is 31.0. The number of halogens is 1. The van der Waals surface area contributed by atoms with Gasteiger partial charge in [0, 0.05) is 18.2 Å². The zero-order valence-corrected chi connectivity index (χ0v) is 23.5. The lowest BCUT2D eigenvalue weighted by atomic mass is 9.77. The van der Waals surface area contributed by atoms with E-state index in [2.05, 4.69) is 30.7 Å². The molecule has 44 heavy (non-hydrogen) atoms. The lowest BCUT2D eigenvalue weighted by Crippen LogP contribution is -2.33. The lowest BCUT2D eigenvalue weighted by molar-refractivity contribution is -0.137. The van der Waals surface area contributed by atoms with Crippen molar-refractivity contribution in [1.29, 1.82) is 0 Å². The van der Waals surface area contributed by atoms with Crippen molar-refractivity contribution >= 4 is 40.5 Å². The van der Waals surface area contributed by atoms with E-state index in [0.717, 1.165) is 5.56 Å². The van der Waals surface area contributed by atoms with E-state index in [9.17, 15) is 18.8 Å². The Bertz CT molecular complexity index is 1940. The number of benzene rings is 2. The number of anilines is 2. The van der Waals surface area contributed by atoms with Crippen LogP contribution in [0.2, 0.25) is 0 Å². The van der Waals surface area contributed by atoms with E-state index in [1.54, 1.807) is 54.2 Å². The highest BCUT2D eigenvalue weighted by Crippen LogP contribution is 2.45. The third-order valence-electron chi connectivity index (χ3n) is 7.73. The summed E-state index contributed by atoms with van der Waals surface area (Å²) in [6, 6.07) is 17.2. The highest BCUT2D eigenvalue weighted by atomic mass is 19.1. The molecule has 0 aliphatic carbocycles. The second-order valence-electron chi connectivity index (χ2n) is 10.6. The van der Waals surface area contributed by atoms with Crippen LogP contribution in [-0.2, 0) is 32.8 Å². The molecule has 12 nitrogen and oxygen atoms in total. The predicted molar refractivity (Wildman–Crippen MR) is 159 cm³/mol. The average molecular weight is 595 g/mol. The van der Waals surface area contributed by atoms with Gasteiger partial charge in [0.25, 0.3) is 0 Å². The summed E-state index contributed by atoms with van der Waals surface area (Å²) >= 11 is 0. The Balaban J connectivity index is 1.30. The molecule has 1 aliphatic rings. The van der Waals surface area contributed by atoms with Crippen LogP contribution in [0.15, 0.2) is 66.9 Å². The summed E-state index contributed by atoms with van der Waals surface area (Å²) in [4.78, 5) is 49.6. The minimum Gasteiger partial charge on any atom is -0.480 e. The average Bonchev–Trinajstić information content (AvgIpc) is 3.51. The number of aliphatic carboxylic acids is 1. The Morgan fingerprint density at radius 3 is 2.61 bits per heavy atom. The van der Waals surface area contributed by atoms with Crippen molar-refractivity contribution in [3.05, 3.63) is 94.9 Å². The van der Waals surface area contributed by atoms with E-state index in [0.29, 0.717) is 39.8 Å². The number of rotatable bonds is 9. The molecule has 0 fully saturated rings. The number of hydrogen-bond donors (Lipinski definition) is 4. The van der Waals surface area contributed by atoms with Crippen molar-refractivity contribution < 1.29 is 23.9 Å². The molecule has 0 bridgehead atoms. The number of fused-ring (bicyclic) bond motifs is 2. The van der Waals surface area contributed by atoms with Gasteiger partial charge in [0.15, 0.2) is 11.5 Å². The number of nitrogens with zero attached hydrogens (tertiary/aromatic N) is 5. The first-order valence-electron chi connectivity index (χ1n) is 13.8. The number of aryl methyl sites for hydroxylation is 1. The number of nitrogens with two attached hydrogens (primary N) is 1. The number of amides is 2. The van der Waals surface area contributed by atoms with Crippen LogP contribution in [0.4, 0.5) is 16.0 Å². The molecular weight excluding hydrogens is 567 g/mol. The summed E-state index contributed by atoms with van der Waals surface area (Å²) in [5.41, 5.74) is 8.59. The first kappa shape index (κ1) is 28.4. The number of carboxylic acid groups (broad SMARTS) is 1. The fraction of sp³-hybridized carbons (Fsp3) is 0.194.